The first-order valence-electron chi connectivity index (χ1n) is 7.55. The van der Waals surface area contributed by atoms with Gasteiger partial charge >= 0.3 is 0 Å². The maximum Gasteiger partial charge on any atom is 0.143 e. The summed E-state index contributed by atoms with van der Waals surface area (Å²) < 4.78 is 1.55. The molecule has 0 radical (unpaired) electrons. The molecule has 0 aliphatic heterocycles. The predicted octanol–water partition coefficient (Wildman–Crippen LogP) is 3.23. The Balaban J connectivity index is 1.93. The zero-order chi connectivity index (χ0) is 15.5. The van der Waals surface area contributed by atoms with Gasteiger partial charge in [0.25, 0.3) is 0 Å². The van der Waals surface area contributed by atoms with Crippen molar-refractivity contribution in [3.05, 3.63) is 41.5 Å². The molecule has 2 aliphatic carbocycles. The number of aromatic nitrogens is 3. The Hall–Kier alpha value is -2.66. The van der Waals surface area contributed by atoms with Crippen LogP contribution >= 0.6 is 0 Å². The molecule has 0 N–H and O–H groups in total. The van der Waals surface area contributed by atoms with Gasteiger partial charge in [-0.1, -0.05) is 19.1 Å². The Morgan fingerprint density at radius 1 is 1.41 bits per heavy atom. The SMILES string of the molecule is CC/C=C\C1=C(C#N)CC2C/C(=C(/C#N)n3cncn3)CC12. The van der Waals surface area contributed by atoms with Crippen molar-refractivity contribution >= 4 is 5.70 Å². The Labute approximate surface area is 129 Å². The fourth-order valence-corrected chi connectivity index (χ4v) is 3.54. The quantitative estimate of drug-likeness (QED) is 0.801. The van der Waals surface area contributed by atoms with Crippen molar-refractivity contribution in [3.8, 4) is 12.1 Å². The highest BCUT2D eigenvalue weighted by Gasteiger charge is 2.40. The highest BCUT2D eigenvalue weighted by atomic mass is 15.3. The lowest BCUT2D eigenvalue weighted by atomic mass is 9.94. The standard InChI is InChI=1S/C17H17N5/c1-2-3-4-15-14(8-18)6-12-5-13(7-16(12)15)17(9-19)22-11-20-10-21-22/h3-4,10-12,16H,2,5-7H2,1H3/b4-3-,17-13+. The lowest BCUT2D eigenvalue weighted by Gasteiger charge is -2.09. The minimum Gasteiger partial charge on any atom is -0.223 e. The van der Waals surface area contributed by atoms with E-state index in [1.807, 2.05) is 0 Å². The van der Waals surface area contributed by atoms with Gasteiger partial charge in [-0.05, 0) is 48.7 Å². The minimum absolute atomic E-state index is 0.360. The third-order valence-electron chi connectivity index (χ3n) is 4.51. The van der Waals surface area contributed by atoms with Crippen LogP contribution in [0.4, 0.5) is 0 Å². The Kier molecular flexibility index (Phi) is 3.89. The number of rotatable bonds is 3. The van der Waals surface area contributed by atoms with Crippen LogP contribution in [0.1, 0.15) is 32.6 Å². The van der Waals surface area contributed by atoms with Gasteiger partial charge in [0.2, 0.25) is 0 Å². The topological polar surface area (TPSA) is 78.3 Å². The fraction of sp³-hybridized carbons (Fsp3) is 0.412. The zero-order valence-corrected chi connectivity index (χ0v) is 12.5. The summed E-state index contributed by atoms with van der Waals surface area (Å²) in [6.45, 7) is 2.09. The molecule has 110 valence electrons. The van der Waals surface area contributed by atoms with Crippen molar-refractivity contribution < 1.29 is 0 Å². The molecule has 2 aliphatic rings. The summed E-state index contributed by atoms with van der Waals surface area (Å²) in [5.41, 5.74) is 3.80. The molecule has 1 aromatic rings. The summed E-state index contributed by atoms with van der Waals surface area (Å²) in [5, 5.41) is 22.9. The van der Waals surface area contributed by atoms with E-state index in [-0.39, 0.29) is 0 Å². The molecular weight excluding hydrogens is 274 g/mol. The van der Waals surface area contributed by atoms with E-state index >= 15 is 0 Å². The van der Waals surface area contributed by atoms with E-state index in [0.717, 1.165) is 36.8 Å². The average molecular weight is 291 g/mol. The van der Waals surface area contributed by atoms with E-state index in [1.165, 1.54) is 11.9 Å². The second kappa shape index (κ2) is 5.99. The zero-order valence-electron chi connectivity index (χ0n) is 12.5. The van der Waals surface area contributed by atoms with Crippen LogP contribution in [-0.4, -0.2) is 14.8 Å². The Morgan fingerprint density at radius 2 is 2.27 bits per heavy atom. The van der Waals surface area contributed by atoms with Gasteiger partial charge in [-0.2, -0.15) is 15.6 Å². The lowest BCUT2D eigenvalue weighted by molar-refractivity contribution is 0.485. The largest absolute Gasteiger partial charge is 0.223 e. The maximum absolute atomic E-state index is 9.45. The first-order valence-corrected chi connectivity index (χ1v) is 7.55. The monoisotopic (exact) mass is 291 g/mol. The molecule has 3 rings (SSSR count). The first-order chi connectivity index (χ1) is 10.8. The molecule has 1 fully saturated rings. The summed E-state index contributed by atoms with van der Waals surface area (Å²) in [7, 11) is 0. The average Bonchev–Trinajstić information content (AvgIpc) is 3.22. The van der Waals surface area contributed by atoms with Crippen molar-refractivity contribution in [1.82, 2.24) is 14.8 Å². The van der Waals surface area contributed by atoms with Crippen LogP contribution in [-0.2, 0) is 0 Å². The second-order valence-corrected chi connectivity index (χ2v) is 5.74. The molecule has 2 atom stereocenters. The smallest absolute Gasteiger partial charge is 0.143 e. The van der Waals surface area contributed by atoms with Gasteiger partial charge in [0, 0.05) is 5.57 Å². The van der Waals surface area contributed by atoms with Crippen LogP contribution in [0.25, 0.3) is 5.70 Å². The number of nitriles is 2. The van der Waals surface area contributed by atoms with Gasteiger partial charge in [-0.15, -0.1) is 0 Å². The molecule has 0 saturated heterocycles. The molecule has 22 heavy (non-hydrogen) atoms. The first kappa shape index (κ1) is 14.3. The van der Waals surface area contributed by atoms with Gasteiger partial charge in [-0.25, -0.2) is 9.67 Å². The molecule has 5 heteroatoms. The number of fused-ring (bicyclic) bond motifs is 1. The highest BCUT2D eigenvalue weighted by Crippen LogP contribution is 2.50. The maximum atomic E-state index is 9.45. The molecule has 0 amide bonds. The van der Waals surface area contributed by atoms with E-state index in [0.29, 0.717) is 17.5 Å². The normalized spacial score (nSPS) is 26.1. The number of hydrogen-bond donors (Lipinski definition) is 0. The van der Waals surface area contributed by atoms with Crippen LogP contribution in [0.2, 0.25) is 0 Å². The molecule has 2 unspecified atom stereocenters. The van der Waals surface area contributed by atoms with Crippen LogP contribution in [0.5, 0.6) is 0 Å². The van der Waals surface area contributed by atoms with E-state index in [9.17, 15) is 10.5 Å². The molecule has 1 heterocycles. The van der Waals surface area contributed by atoms with E-state index in [4.69, 9.17) is 0 Å². The van der Waals surface area contributed by atoms with Crippen molar-refractivity contribution in [2.24, 2.45) is 11.8 Å². The molecule has 1 saturated carbocycles. The van der Waals surface area contributed by atoms with Gasteiger partial charge < -0.3 is 0 Å². The predicted molar refractivity (Wildman–Crippen MR) is 81.8 cm³/mol. The number of allylic oxidation sites excluding steroid dienone is 6. The van der Waals surface area contributed by atoms with Gasteiger partial charge in [0.1, 0.15) is 24.4 Å². The van der Waals surface area contributed by atoms with Crippen LogP contribution in [0.3, 0.4) is 0 Å². The molecule has 0 aromatic carbocycles. The van der Waals surface area contributed by atoms with Crippen LogP contribution in [0, 0.1) is 34.5 Å². The summed E-state index contributed by atoms with van der Waals surface area (Å²) in [6.07, 6.45) is 10.7. The van der Waals surface area contributed by atoms with E-state index in [2.05, 4.69) is 41.3 Å². The van der Waals surface area contributed by atoms with Crippen molar-refractivity contribution in [2.75, 3.05) is 0 Å². The Bertz CT molecular complexity index is 737. The lowest BCUT2D eigenvalue weighted by Crippen LogP contribution is -2.01. The fourth-order valence-electron chi connectivity index (χ4n) is 3.54. The molecule has 5 nitrogen and oxygen atoms in total. The highest BCUT2D eigenvalue weighted by molar-refractivity contribution is 5.64. The molecule has 0 spiro atoms. The van der Waals surface area contributed by atoms with Crippen LogP contribution in [0.15, 0.2) is 41.5 Å². The molecule has 1 aromatic heterocycles. The van der Waals surface area contributed by atoms with Crippen molar-refractivity contribution in [1.29, 1.82) is 10.5 Å². The minimum atomic E-state index is 0.360. The summed E-state index contributed by atoms with van der Waals surface area (Å²) in [4.78, 5) is 3.92. The third kappa shape index (κ3) is 2.35. The molecule has 0 bridgehead atoms. The number of hydrogen-bond acceptors (Lipinski definition) is 4. The van der Waals surface area contributed by atoms with Gasteiger partial charge in [0.05, 0.1) is 6.07 Å². The summed E-state index contributed by atoms with van der Waals surface area (Å²) in [6, 6.07) is 4.62. The molecular formula is C17H17N5. The number of nitrogens with zero attached hydrogens (tertiary/aromatic N) is 5. The third-order valence-corrected chi connectivity index (χ3v) is 4.51. The van der Waals surface area contributed by atoms with E-state index in [1.54, 1.807) is 11.0 Å². The van der Waals surface area contributed by atoms with Crippen molar-refractivity contribution in [3.63, 3.8) is 0 Å². The summed E-state index contributed by atoms with van der Waals surface area (Å²) >= 11 is 0. The van der Waals surface area contributed by atoms with Gasteiger partial charge in [0.15, 0.2) is 0 Å². The summed E-state index contributed by atoms with van der Waals surface area (Å²) in [5.74, 6) is 0.798. The van der Waals surface area contributed by atoms with E-state index < -0.39 is 0 Å². The van der Waals surface area contributed by atoms with Gasteiger partial charge in [-0.3, -0.25) is 0 Å². The second-order valence-electron chi connectivity index (χ2n) is 5.74. The van der Waals surface area contributed by atoms with Crippen molar-refractivity contribution in [2.45, 2.75) is 32.6 Å². The Morgan fingerprint density at radius 3 is 2.91 bits per heavy atom. The van der Waals surface area contributed by atoms with Crippen LogP contribution < -0.4 is 0 Å².